The molecule has 1 fully saturated rings. The molecule has 7 heteroatoms. The van der Waals surface area contributed by atoms with Gasteiger partial charge in [0.25, 0.3) is 0 Å². The van der Waals surface area contributed by atoms with Gasteiger partial charge in [0.05, 0.1) is 22.3 Å². The molecule has 0 aromatic carbocycles. The summed E-state index contributed by atoms with van der Waals surface area (Å²) in [5.74, 6) is -0.974. The fraction of sp³-hybridized carbons (Fsp3) is 0.429. The maximum atomic E-state index is 11.1. The number of aromatic nitrogens is 2. The number of hydrogen-bond acceptors (Lipinski definition) is 4. The number of fused-ring (bicyclic) bond motifs is 1. The average Bonchev–Trinajstić information content (AvgIpc) is 2.87. The molecule has 0 spiro atoms. The molecule has 0 bridgehead atoms. The molecule has 1 aliphatic rings. The minimum atomic E-state index is -0.974. The van der Waals surface area contributed by atoms with Crippen LogP contribution < -0.4 is 5.46 Å². The van der Waals surface area contributed by atoms with Gasteiger partial charge in [-0.1, -0.05) is 0 Å². The molecule has 1 N–H and O–H groups in total. The highest BCUT2D eigenvalue weighted by molar-refractivity contribution is 6.64. The van der Waals surface area contributed by atoms with Crippen LogP contribution >= 0.6 is 0 Å². The van der Waals surface area contributed by atoms with Gasteiger partial charge in [-0.05, 0) is 39.8 Å². The molecule has 0 unspecified atom stereocenters. The van der Waals surface area contributed by atoms with Gasteiger partial charge in [-0.15, -0.1) is 0 Å². The molecule has 2 aromatic heterocycles. The van der Waals surface area contributed by atoms with Gasteiger partial charge in [0, 0.05) is 17.9 Å². The first-order chi connectivity index (χ1) is 9.71. The van der Waals surface area contributed by atoms with E-state index < -0.39 is 24.3 Å². The highest BCUT2D eigenvalue weighted by Gasteiger charge is 2.52. The topological polar surface area (TPSA) is 73.1 Å². The van der Waals surface area contributed by atoms with E-state index in [9.17, 15) is 4.79 Å². The molecular formula is C14H17BN2O4. The third kappa shape index (κ3) is 2.13. The van der Waals surface area contributed by atoms with Crippen molar-refractivity contribution in [2.75, 3.05) is 0 Å². The van der Waals surface area contributed by atoms with Gasteiger partial charge in [-0.25, -0.2) is 9.31 Å². The van der Waals surface area contributed by atoms with Gasteiger partial charge in [-0.2, -0.15) is 5.10 Å². The molecule has 0 aliphatic carbocycles. The van der Waals surface area contributed by atoms with Crippen molar-refractivity contribution in [3.63, 3.8) is 0 Å². The SMILES string of the molecule is CC1(C)OB(c2cnn3ccc(C(=O)O)cc23)OC1(C)C. The van der Waals surface area contributed by atoms with E-state index in [0.29, 0.717) is 5.52 Å². The van der Waals surface area contributed by atoms with Crippen LogP contribution in [0.2, 0.25) is 0 Å². The lowest BCUT2D eigenvalue weighted by Gasteiger charge is -2.32. The Kier molecular flexibility index (Phi) is 2.90. The Morgan fingerprint density at radius 3 is 2.48 bits per heavy atom. The van der Waals surface area contributed by atoms with Crippen molar-refractivity contribution in [3.05, 3.63) is 30.1 Å². The first-order valence-electron chi connectivity index (χ1n) is 6.77. The number of carboxylic acids is 1. The Hall–Kier alpha value is -1.86. The first kappa shape index (κ1) is 14.1. The van der Waals surface area contributed by atoms with E-state index in [0.717, 1.165) is 5.46 Å². The van der Waals surface area contributed by atoms with E-state index in [1.54, 1.807) is 23.0 Å². The zero-order chi connectivity index (χ0) is 15.4. The molecule has 0 amide bonds. The third-order valence-corrected chi connectivity index (χ3v) is 4.31. The van der Waals surface area contributed by atoms with E-state index in [4.69, 9.17) is 14.4 Å². The van der Waals surface area contributed by atoms with E-state index >= 15 is 0 Å². The number of carboxylic acid groups (broad SMARTS) is 1. The number of rotatable bonds is 2. The maximum absolute atomic E-state index is 11.1. The van der Waals surface area contributed by atoms with Gasteiger partial charge >= 0.3 is 13.1 Å². The van der Waals surface area contributed by atoms with Crippen LogP contribution in [0.3, 0.4) is 0 Å². The minimum absolute atomic E-state index is 0.209. The molecule has 0 radical (unpaired) electrons. The second-order valence-electron chi connectivity index (χ2n) is 6.24. The molecule has 3 heterocycles. The van der Waals surface area contributed by atoms with Crippen molar-refractivity contribution in [1.29, 1.82) is 0 Å². The normalized spacial score (nSPS) is 20.1. The standard InChI is InChI=1S/C14H17BN2O4/c1-13(2)14(3,4)21-15(20-13)10-8-16-17-6-5-9(12(18)19)7-11(10)17/h5-8H,1-4H3,(H,18,19). The van der Waals surface area contributed by atoms with E-state index in [1.165, 1.54) is 6.07 Å². The maximum Gasteiger partial charge on any atom is 0.498 e. The first-order valence-corrected chi connectivity index (χ1v) is 6.77. The fourth-order valence-electron chi connectivity index (χ4n) is 2.28. The Morgan fingerprint density at radius 2 is 1.90 bits per heavy atom. The van der Waals surface area contributed by atoms with Crippen LogP contribution in [0.4, 0.5) is 0 Å². The third-order valence-electron chi connectivity index (χ3n) is 4.31. The van der Waals surface area contributed by atoms with Crippen LogP contribution in [0.1, 0.15) is 38.1 Å². The second-order valence-corrected chi connectivity index (χ2v) is 6.24. The molecule has 2 aromatic rings. The summed E-state index contributed by atoms with van der Waals surface area (Å²) in [5.41, 5.74) is 0.720. The van der Waals surface area contributed by atoms with Crippen LogP contribution in [-0.4, -0.2) is 39.0 Å². The summed E-state index contributed by atoms with van der Waals surface area (Å²) in [4.78, 5) is 11.1. The van der Waals surface area contributed by atoms with Crippen molar-refractivity contribution in [2.24, 2.45) is 0 Å². The summed E-state index contributed by atoms with van der Waals surface area (Å²) in [5, 5.41) is 13.3. The largest absolute Gasteiger partial charge is 0.498 e. The fourth-order valence-corrected chi connectivity index (χ4v) is 2.28. The van der Waals surface area contributed by atoms with E-state index in [-0.39, 0.29) is 5.56 Å². The monoisotopic (exact) mass is 288 g/mol. The summed E-state index contributed by atoms with van der Waals surface area (Å²) < 4.78 is 13.6. The highest BCUT2D eigenvalue weighted by atomic mass is 16.7. The molecule has 1 aliphatic heterocycles. The lowest BCUT2D eigenvalue weighted by atomic mass is 9.80. The van der Waals surface area contributed by atoms with Crippen molar-refractivity contribution in [1.82, 2.24) is 9.61 Å². The lowest BCUT2D eigenvalue weighted by Crippen LogP contribution is -2.41. The zero-order valence-corrected chi connectivity index (χ0v) is 12.5. The molecule has 21 heavy (non-hydrogen) atoms. The summed E-state index contributed by atoms with van der Waals surface area (Å²) in [6, 6.07) is 3.09. The van der Waals surface area contributed by atoms with Gasteiger partial charge in [-0.3, -0.25) is 0 Å². The highest BCUT2D eigenvalue weighted by Crippen LogP contribution is 2.36. The van der Waals surface area contributed by atoms with Crippen molar-refractivity contribution >= 4 is 24.1 Å². The van der Waals surface area contributed by atoms with Crippen LogP contribution in [0.15, 0.2) is 24.5 Å². The Labute approximate surface area is 122 Å². The molecule has 1 saturated heterocycles. The van der Waals surface area contributed by atoms with E-state index in [1.807, 2.05) is 27.7 Å². The van der Waals surface area contributed by atoms with Gasteiger partial charge < -0.3 is 14.4 Å². The summed E-state index contributed by atoms with van der Waals surface area (Å²) in [6.07, 6.45) is 3.27. The van der Waals surface area contributed by atoms with Crippen molar-refractivity contribution < 1.29 is 19.2 Å². The minimum Gasteiger partial charge on any atom is -0.478 e. The summed E-state index contributed by atoms with van der Waals surface area (Å²) in [7, 11) is -0.559. The van der Waals surface area contributed by atoms with E-state index in [2.05, 4.69) is 5.10 Å². The Bertz CT molecular complexity index is 707. The Balaban J connectivity index is 2.06. The number of aromatic carboxylic acids is 1. The molecule has 0 saturated carbocycles. The second kappa shape index (κ2) is 4.32. The van der Waals surface area contributed by atoms with Gasteiger partial charge in [0.2, 0.25) is 0 Å². The summed E-state index contributed by atoms with van der Waals surface area (Å²) >= 11 is 0. The average molecular weight is 288 g/mol. The molecular weight excluding hydrogens is 271 g/mol. The number of carbonyl (C=O) groups is 1. The lowest BCUT2D eigenvalue weighted by molar-refractivity contribution is 0.00578. The van der Waals surface area contributed by atoms with Gasteiger partial charge in [0.1, 0.15) is 0 Å². The summed E-state index contributed by atoms with van der Waals surface area (Å²) in [6.45, 7) is 7.89. The predicted molar refractivity (Wildman–Crippen MR) is 77.9 cm³/mol. The molecule has 6 nitrogen and oxygen atoms in total. The van der Waals surface area contributed by atoms with Crippen LogP contribution in [-0.2, 0) is 9.31 Å². The number of hydrogen-bond donors (Lipinski definition) is 1. The molecule has 3 rings (SSSR count). The predicted octanol–water partition coefficient (Wildman–Crippen LogP) is 1.33. The number of nitrogens with zero attached hydrogens (tertiary/aromatic N) is 2. The van der Waals surface area contributed by atoms with Gasteiger partial charge in [0.15, 0.2) is 0 Å². The van der Waals surface area contributed by atoms with Crippen LogP contribution in [0, 0.1) is 0 Å². The Morgan fingerprint density at radius 1 is 1.29 bits per heavy atom. The van der Waals surface area contributed by atoms with Crippen molar-refractivity contribution in [3.8, 4) is 0 Å². The number of pyridine rings is 1. The molecule has 0 atom stereocenters. The molecule has 110 valence electrons. The quantitative estimate of drug-likeness (QED) is 0.844. The van der Waals surface area contributed by atoms with Crippen LogP contribution in [0.25, 0.3) is 5.52 Å². The smallest absolute Gasteiger partial charge is 0.478 e. The van der Waals surface area contributed by atoms with Crippen molar-refractivity contribution in [2.45, 2.75) is 38.9 Å². The zero-order valence-electron chi connectivity index (χ0n) is 12.5. The van der Waals surface area contributed by atoms with Crippen LogP contribution in [0.5, 0.6) is 0 Å².